The van der Waals surface area contributed by atoms with Crippen LogP contribution in [0.1, 0.15) is 29.4 Å². The number of hydrogen-bond acceptors (Lipinski definition) is 3. The van der Waals surface area contributed by atoms with Crippen LogP contribution >= 0.6 is 0 Å². The maximum Gasteiger partial charge on any atom is 0.253 e. The lowest BCUT2D eigenvalue weighted by Crippen LogP contribution is -2.32. The van der Waals surface area contributed by atoms with Gasteiger partial charge in [0.25, 0.3) is 5.91 Å². The van der Waals surface area contributed by atoms with Crippen LogP contribution in [0, 0.1) is 6.92 Å². The molecule has 1 heterocycles. The van der Waals surface area contributed by atoms with Gasteiger partial charge in [-0.05, 0) is 26.3 Å². The molecule has 86 valence electrons. The quantitative estimate of drug-likeness (QED) is 0.757. The first kappa shape index (κ1) is 12.2. The molecule has 0 spiro atoms. The lowest BCUT2D eigenvalue weighted by atomic mass is 10.1. The van der Waals surface area contributed by atoms with Crippen LogP contribution in [0.5, 0.6) is 0 Å². The molecule has 1 atom stereocenters. The van der Waals surface area contributed by atoms with Gasteiger partial charge in [-0.25, -0.2) is 0 Å². The van der Waals surface area contributed by atoms with E-state index < -0.39 is 0 Å². The zero-order chi connectivity index (χ0) is 12.1. The molecule has 0 aliphatic heterocycles. The summed E-state index contributed by atoms with van der Waals surface area (Å²) in [6.07, 6.45) is 4.05. The number of amides is 1. The molecule has 1 aromatic rings. The smallest absolute Gasteiger partial charge is 0.253 e. The number of nitrogens with two attached hydrogens (primary N) is 1. The number of pyridine rings is 1. The Labute approximate surface area is 95.6 Å². The zero-order valence-electron chi connectivity index (χ0n) is 9.66. The lowest BCUT2D eigenvalue weighted by Gasteiger charge is -2.12. The molecule has 0 fully saturated rings. The van der Waals surface area contributed by atoms with Crippen LogP contribution in [0.3, 0.4) is 0 Å². The number of hydrogen-bond donors (Lipinski definition) is 2. The molecule has 1 rings (SSSR count). The van der Waals surface area contributed by atoms with Crippen molar-refractivity contribution in [2.45, 2.75) is 26.3 Å². The standard InChI is InChI=1S/C12H17N3O/c1-4-5-8(2)15-12(16)11-6-10(13)7-14-9(11)3/h4,6-8H,1,5,13H2,2-3H3,(H,15,16). The number of rotatable bonds is 4. The van der Waals surface area contributed by atoms with E-state index in [9.17, 15) is 4.79 Å². The molecule has 16 heavy (non-hydrogen) atoms. The highest BCUT2D eigenvalue weighted by molar-refractivity contribution is 5.96. The Hall–Kier alpha value is -1.84. The zero-order valence-corrected chi connectivity index (χ0v) is 9.66. The summed E-state index contributed by atoms with van der Waals surface area (Å²) in [5.74, 6) is -0.147. The molecule has 0 aromatic carbocycles. The van der Waals surface area contributed by atoms with Gasteiger partial charge in [-0.3, -0.25) is 9.78 Å². The second-order valence-electron chi connectivity index (χ2n) is 3.80. The lowest BCUT2D eigenvalue weighted by molar-refractivity contribution is 0.0939. The predicted molar refractivity (Wildman–Crippen MR) is 65.1 cm³/mol. The largest absolute Gasteiger partial charge is 0.397 e. The number of carbonyl (C=O) groups excluding carboxylic acids is 1. The molecule has 0 aliphatic rings. The van der Waals surface area contributed by atoms with Crippen molar-refractivity contribution in [2.24, 2.45) is 0 Å². The van der Waals surface area contributed by atoms with Crippen molar-refractivity contribution < 1.29 is 4.79 Å². The average molecular weight is 219 g/mol. The van der Waals surface area contributed by atoms with Crippen LogP contribution in [0.15, 0.2) is 24.9 Å². The third kappa shape index (κ3) is 3.08. The molecule has 3 N–H and O–H groups in total. The van der Waals surface area contributed by atoms with E-state index in [0.717, 1.165) is 6.42 Å². The van der Waals surface area contributed by atoms with Crippen molar-refractivity contribution in [3.05, 3.63) is 36.2 Å². The number of nitrogen functional groups attached to an aromatic ring is 1. The van der Waals surface area contributed by atoms with Gasteiger partial charge in [0.15, 0.2) is 0 Å². The maximum absolute atomic E-state index is 11.9. The van der Waals surface area contributed by atoms with Gasteiger partial charge >= 0.3 is 0 Å². The summed E-state index contributed by atoms with van der Waals surface area (Å²) >= 11 is 0. The van der Waals surface area contributed by atoms with Crippen molar-refractivity contribution in [3.63, 3.8) is 0 Å². The molecule has 0 aliphatic carbocycles. The summed E-state index contributed by atoms with van der Waals surface area (Å²) in [5, 5.41) is 2.86. The van der Waals surface area contributed by atoms with Gasteiger partial charge in [0.05, 0.1) is 23.1 Å². The van der Waals surface area contributed by atoms with Crippen molar-refractivity contribution in [1.82, 2.24) is 10.3 Å². The van der Waals surface area contributed by atoms with Crippen molar-refractivity contribution in [3.8, 4) is 0 Å². The van der Waals surface area contributed by atoms with E-state index in [-0.39, 0.29) is 11.9 Å². The first-order valence-corrected chi connectivity index (χ1v) is 5.18. The Morgan fingerprint density at radius 2 is 2.44 bits per heavy atom. The Morgan fingerprint density at radius 1 is 1.75 bits per heavy atom. The molecule has 4 heteroatoms. The number of aromatic nitrogens is 1. The van der Waals surface area contributed by atoms with Gasteiger partial charge in [0.2, 0.25) is 0 Å². The molecular weight excluding hydrogens is 202 g/mol. The molecule has 1 unspecified atom stereocenters. The van der Waals surface area contributed by atoms with Crippen LogP contribution < -0.4 is 11.1 Å². The molecule has 0 bridgehead atoms. The van der Waals surface area contributed by atoms with Crippen LogP contribution in [-0.2, 0) is 0 Å². The van der Waals surface area contributed by atoms with Crippen LogP contribution in [0.4, 0.5) is 5.69 Å². The summed E-state index contributed by atoms with van der Waals surface area (Å²) < 4.78 is 0. The Balaban J connectivity index is 2.80. The fourth-order valence-corrected chi connectivity index (χ4v) is 1.39. The third-order valence-corrected chi connectivity index (χ3v) is 2.25. The minimum Gasteiger partial charge on any atom is -0.397 e. The monoisotopic (exact) mass is 219 g/mol. The normalized spacial score (nSPS) is 11.9. The van der Waals surface area contributed by atoms with Gasteiger partial charge in [0.1, 0.15) is 0 Å². The Bertz CT molecular complexity index is 401. The van der Waals surface area contributed by atoms with Crippen LogP contribution in [-0.4, -0.2) is 16.9 Å². The maximum atomic E-state index is 11.9. The second kappa shape index (κ2) is 5.30. The molecule has 4 nitrogen and oxygen atoms in total. The first-order valence-electron chi connectivity index (χ1n) is 5.18. The first-order chi connectivity index (χ1) is 7.54. The van der Waals surface area contributed by atoms with Crippen molar-refractivity contribution >= 4 is 11.6 Å². The number of aryl methyl sites for hydroxylation is 1. The minimum absolute atomic E-state index is 0.0610. The van der Waals surface area contributed by atoms with Crippen molar-refractivity contribution in [2.75, 3.05) is 5.73 Å². The van der Waals surface area contributed by atoms with Gasteiger partial charge in [-0.1, -0.05) is 6.08 Å². The molecule has 0 saturated carbocycles. The molecular formula is C12H17N3O. The number of nitrogens with one attached hydrogen (secondary N) is 1. The van der Waals surface area contributed by atoms with Gasteiger partial charge in [0, 0.05) is 6.04 Å². The topological polar surface area (TPSA) is 68.0 Å². The van der Waals surface area contributed by atoms with Crippen LogP contribution in [0.25, 0.3) is 0 Å². The Morgan fingerprint density at radius 3 is 3.06 bits per heavy atom. The fourth-order valence-electron chi connectivity index (χ4n) is 1.39. The third-order valence-electron chi connectivity index (χ3n) is 2.25. The second-order valence-corrected chi connectivity index (χ2v) is 3.80. The summed E-state index contributed by atoms with van der Waals surface area (Å²) in [4.78, 5) is 15.9. The van der Waals surface area contributed by atoms with E-state index in [1.807, 2.05) is 6.92 Å². The molecule has 0 saturated heterocycles. The highest BCUT2D eigenvalue weighted by Gasteiger charge is 2.12. The van der Waals surface area contributed by atoms with Gasteiger partial charge in [-0.2, -0.15) is 0 Å². The summed E-state index contributed by atoms with van der Waals surface area (Å²) in [6, 6.07) is 1.70. The van der Waals surface area contributed by atoms with E-state index >= 15 is 0 Å². The number of nitrogens with zero attached hydrogens (tertiary/aromatic N) is 1. The van der Waals surface area contributed by atoms with Crippen LogP contribution in [0.2, 0.25) is 0 Å². The SMILES string of the molecule is C=CCC(C)NC(=O)c1cc(N)cnc1C. The molecule has 0 radical (unpaired) electrons. The van der Waals surface area contributed by atoms with Gasteiger partial charge in [-0.15, -0.1) is 6.58 Å². The van der Waals surface area contributed by atoms with E-state index in [1.54, 1.807) is 25.3 Å². The van der Waals surface area contributed by atoms with E-state index in [4.69, 9.17) is 5.73 Å². The number of anilines is 1. The summed E-state index contributed by atoms with van der Waals surface area (Å²) in [5.41, 5.74) is 7.29. The van der Waals surface area contributed by atoms with E-state index in [1.165, 1.54) is 0 Å². The highest BCUT2D eigenvalue weighted by Crippen LogP contribution is 2.09. The average Bonchev–Trinajstić information content (AvgIpc) is 2.21. The minimum atomic E-state index is -0.147. The Kier molecular flexibility index (Phi) is 4.05. The fraction of sp³-hybridized carbons (Fsp3) is 0.333. The molecule has 1 aromatic heterocycles. The van der Waals surface area contributed by atoms with E-state index in [2.05, 4.69) is 16.9 Å². The predicted octanol–water partition coefficient (Wildman–Crippen LogP) is 1.67. The highest BCUT2D eigenvalue weighted by atomic mass is 16.1. The molecule has 1 amide bonds. The number of carbonyl (C=O) groups is 1. The van der Waals surface area contributed by atoms with Gasteiger partial charge < -0.3 is 11.1 Å². The summed E-state index contributed by atoms with van der Waals surface area (Å²) in [6.45, 7) is 7.34. The van der Waals surface area contributed by atoms with Crippen molar-refractivity contribution in [1.29, 1.82) is 0 Å². The summed E-state index contributed by atoms with van der Waals surface area (Å²) in [7, 11) is 0. The van der Waals surface area contributed by atoms with E-state index in [0.29, 0.717) is 16.9 Å².